The first kappa shape index (κ1) is 19.4. The summed E-state index contributed by atoms with van der Waals surface area (Å²) in [4.78, 5) is 0. The van der Waals surface area contributed by atoms with Crippen molar-refractivity contribution in [1.29, 1.82) is 0 Å². The minimum absolute atomic E-state index is 0.317. The summed E-state index contributed by atoms with van der Waals surface area (Å²) in [6.45, 7) is 8.79. The molecule has 0 N–H and O–H groups in total. The molecule has 0 spiro atoms. The molecule has 1 aliphatic rings. The molecule has 0 fully saturated rings. The molecule has 0 amide bonds. The first-order chi connectivity index (χ1) is 11.9. The van der Waals surface area contributed by atoms with Gasteiger partial charge in [0.15, 0.2) is 0 Å². The second kappa shape index (κ2) is 8.12. The first-order valence-corrected chi connectivity index (χ1v) is 16.8. The van der Waals surface area contributed by atoms with Crippen molar-refractivity contribution in [2.24, 2.45) is 0 Å². The van der Waals surface area contributed by atoms with Gasteiger partial charge in [0, 0.05) is 0 Å². The van der Waals surface area contributed by atoms with Crippen molar-refractivity contribution in [3.63, 3.8) is 0 Å². The molecule has 3 heteroatoms. The molecule has 0 aromatic heterocycles. The Labute approximate surface area is 167 Å². The molecule has 0 saturated carbocycles. The number of allylic oxidation sites excluding steroid dienone is 1. The number of unbranched alkanes of at least 4 members (excludes halogenated alkanes) is 1. The summed E-state index contributed by atoms with van der Waals surface area (Å²) in [5, 5.41) is 0. The zero-order chi connectivity index (χ0) is 18.1. The van der Waals surface area contributed by atoms with Crippen LogP contribution in [0.5, 0.6) is 0 Å². The summed E-state index contributed by atoms with van der Waals surface area (Å²) in [6, 6.07) is 11.3. The maximum atomic E-state index is 6.60. The Balaban J connectivity index is 2.18. The van der Waals surface area contributed by atoms with Crippen molar-refractivity contribution in [3.8, 4) is 11.1 Å². The van der Waals surface area contributed by atoms with Gasteiger partial charge in [0.2, 0.25) is 0 Å². The van der Waals surface area contributed by atoms with Gasteiger partial charge in [-0.15, -0.1) is 0 Å². The van der Waals surface area contributed by atoms with Gasteiger partial charge in [-0.3, -0.25) is 0 Å². The molecular weight excluding hydrogens is 426 g/mol. The third-order valence-electron chi connectivity index (χ3n) is 5.05. The monoisotopic (exact) mass is 449 g/mol. The zero-order valence-corrected chi connectivity index (χ0v) is 19.4. The second-order valence-electron chi connectivity index (χ2n) is 7.18. The fraction of sp³-hybridized carbons (Fsp3) is 0.364. The van der Waals surface area contributed by atoms with Gasteiger partial charge in [0.05, 0.1) is 0 Å². The second-order valence-corrected chi connectivity index (χ2v) is 16.0. The molecule has 1 aliphatic carbocycles. The van der Waals surface area contributed by atoms with Crippen LogP contribution >= 0.6 is 17.0 Å². The van der Waals surface area contributed by atoms with E-state index in [0.29, 0.717) is 3.63 Å². The Morgan fingerprint density at radius 3 is 2.28 bits per heavy atom. The fourth-order valence-electron chi connectivity index (χ4n) is 3.98. The molecule has 0 nitrogen and oxygen atoms in total. The molecule has 131 valence electrons. The quantitative estimate of drug-likeness (QED) is 0.434. The van der Waals surface area contributed by atoms with Crippen LogP contribution in [0.2, 0.25) is 0 Å². The summed E-state index contributed by atoms with van der Waals surface area (Å²) in [6.07, 6.45) is 5.93. The van der Waals surface area contributed by atoms with Crippen LogP contribution in [-0.2, 0) is 19.4 Å². The molecule has 3 rings (SSSR count). The minimum atomic E-state index is -2.43. The molecule has 1 atom stereocenters. The van der Waals surface area contributed by atoms with E-state index in [4.69, 9.17) is 17.0 Å². The van der Waals surface area contributed by atoms with E-state index in [0.717, 1.165) is 6.42 Å². The summed E-state index contributed by atoms with van der Waals surface area (Å²) < 4.78 is 0.317. The Morgan fingerprint density at radius 2 is 1.68 bits per heavy atom. The van der Waals surface area contributed by atoms with Gasteiger partial charge in [-0.2, -0.15) is 0 Å². The molecule has 0 radical (unpaired) electrons. The molecule has 0 bridgehead atoms. The molecule has 1 unspecified atom stereocenters. The fourth-order valence-corrected chi connectivity index (χ4v) is 9.47. The van der Waals surface area contributed by atoms with Crippen LogP contribution in [-0.4, -0.2) is 0 Å². The molecular formula is C22H25Cl2Zr. The average molecular weight is 452 g/mol. The van der Waals surface area contributed by atoms with Gasteiger partial charge >= 0.3 is 168 Å². The van der Waals surface area contributed by atoms with Gasteiger partial charge < -0.3 is 0 Å². The van der Waals surface area contributed by atoms with E-state index in [1.54, 1.807) is 0 Å². The van der Waals surface area contributed by atoms with E-state index in [1.165, 1.54) is 57.4 Å². The van der Waals surface area contributed by atoms with Crippen LogP contribution in [0.15, 0.2) is 35.9 Å². The van der Waals surface area contributed by atoms with E-state index < -0.39 is 19.4 Å². The number of benzene rings is 2. The third kappa shape index (κ3) is 4.00. The first-order valence-electron chi connectivity index (χ1n) is 9.02. The van der Waals surface area contributed by atoms with Gasteiger partial charge in [0.25, 0.3) is 0 Å². The molecule has 0 saturated heterocycles. The molecule has 2 aromatic carbocycles. The Kier molecular flexibility index (Phi) is 6.30. The van der Waals surface area contributed by atoms with E-state index in [9.17, 15) is 0 Å². The predicted molar refractivity (Wildman–Crippen MR) is 108 cm³/mol. The van der Waals surface area contributed by atoms with Crippen LogP contribution in [0, 0.1) is 20.8 Å². The zero-order valence-electron chi connectivity index (χ0n) is 15.4. The van der Waals surface area contributed by atoms with Gasteiger partial charge in [-0.1, -0.05) is 0 Å². The summed E-state index contributed by atoms with van der Waals surface area (Å²) in [5.74, 6) is 0. The molecule has 0 heterocycles. The predicted octanol–water partition coefficient (Wildman–Crippen LogP) is 7.83. The van der Waals surface area contributed by atoms with Crippen LogP contribution in [0.4, 0.5) is 0 Å². The van der Waals surface area contributed by atoms with Crippen molar-refractivity contribution in [3.05, 3.63) is 63.7 Å². The number of halogens is 2. The Hall–Kier alpha value is -0.357. The summed E-state index contributed by atoms with van der Waals surface area (Å²) >= 11 is -2.43. The van der Waals surface area contributed by atoms with Gasteiger partial charge in [-0.05, 0) is 0 Å². The van der Waals surface area contributed by atoms with E-state index in [1.807, 2.05) is 0 Å². The average Bonchev–Trinajstić information content (AvgIpc) is 2.90. The number of aryl methyl sites for hydroxylation is 3. The van der Waals surface area contributed by atoms with Crippen LogP contribution < -0.4 is 0 Å². The molecule has 25 heavy (non-hydrogen) atoms. The van der Waals surface area contributed by atoms with Crippen molar-refractivity contribution in [2.45, 2.75) is 50.6 Å². The topological polar surface area (TPSA) is 0 Å². The number of fused-ring (bicyclic) bond motifs is 1. The number of hydrogen-bond donors (Lipinski definition) is 0. The standard InChI is InChI=1S/C22H25.2ClH.Zr/c1-5-6-7-18-13-19-9-8-17(4)22(21(19)14-18)20-11-15(2)10-16(3)12-20;;;/h8-14H,5-7H2,1-4H3;2*1H;/q;;;+2/p-2. The number of hydrogen-bond acceptors (Lipinski definition) is 0. The van der Waals surface area contributed by atoms with E-state index in [-0.39, 0.29) is 0 Å². The SMILES string of the molecule is CCCCC1=Cc2c(ccc(C)c2-c2cc(C)cc(C)c2)[CH]1[Zr]([Cl])[Cl]. The molecule has 2 aromatic rings. The summed E-state index contributed by atoms with van der Waals surface area (Å²) in [5.41, 5.74) is 10.8. The number of rotatable bonds is 5. The maximum absolute atomic E-state index is 6.60. The normalized spacial score (nSPS) is 15.9. The Morgan fingerprint density at radius 1 is 1.00 bits per heavy atom. The van der Waals surface area contributed by atoms with Crippen molar-refractivity contribution in [2.75, 3.05) is 0 Å². The van der Waals surface area contributed by atoms with E-state index >= 15 is 0 Å². The van der Waals surface area contributed by atoms with Crippen molar-refractivity contribution < 1.29 is 19.4 Å². The summed E-state index contributed by atoms with van der Waals surface area (Å²) in [7, 11) is 13.2. The van der Waals surface area contributed by atoms with Gasteiger partial charge in [0.1, 0.15) is 0 Å². The molecule has 0 aliphatic heterocycles. The van der Waals surface area contributed by atoms with Crippen molar-refractivity contribution >= 4 is 23.1 Å². The van der Waals surface area contributed by atoms with E-state index in [2.05, 4.69) is 64.1 Å². The third-order valence-corrected chi connectivity index (χ3v) is 10.4. The van der Waals surface area contributed by atoms with Crippen LogP contribution in [0.1, 0.15) is 57.6 Å². The van der Waals surface area contributed by atoms with Gasteiger partial charge in [-0.25, -0.2) is 0 Å². The Bertz CT molecular complexity index is 801. The van der Waals surface area contributed by atoms with Crippen LogP contribution in [0.25, 0.3) is 17.2 Å². The van der Waals surface area contributed by atoms with Crippen molar-refractivity contribution in [1.82, 2.24) is 0 Å². The van der Waals surface area contributed by atoms with Crippen LogP contribution in [0.3, 0.4) is 0 Å².